The van der Waals surface area contributed by atoms with Gasteiger partial charge in [-0.2, -0.15) is 0 Å². The van der Waals surface area contributed by atoms with Gasteiger partial charge in [0.05, 0.1) is 11.8 Å². The second kappa shape index (κ2) is 7.36. The van der Waals surface area contributed by atoms with Crippen molar-refractivity contribution in [2.24, 2.45) is 5.92 Å². The van der Waals surface area contributed by atoms with E-state index in [4.69, 9.17) is 10.5 Å². The van der Waals surface area contributed by atoms with Gasteiger partial charge in [-0.05, 0) is 81.8 Å². The Morgan fingerprint density at radius 2 is 1.82 bits per heavy atom. The first kappa shape index (κ1) is 17.1. The van der Waals surface area contributed by atoms with Gasteiger partial charge in [0.1, 0.15) is 5.75 Å². The highest BCUT2D eigenvalue weighted by atomic mass is 16.5. The Balaban J connectivity index is 2.09. The van der Waals surface area contributed by atoms with Crippen molar-refractivity contribution in [2.75, 3.05) is 25.4 Å². The molecule has 1 aliphatic heterocycles. The molecule has 1 fully saturated rings. The SMILES string of the molecule is Cc1cc(N)c(OC(C)C)cc1C1CCN(CC(C)C)CC1. The number of rotatable bonds is 5. The fourth-order valence-electron chi connectivity index (χ4n) is 3.46. The standard InChI is InChI=1S/C19H32N2O/c1-13(2)12-21-8-6-16(7-9-21)17-11-19(22-14(3)4)18(20)10-15(17)5/h10-11,13-14,16H,6-9,12,20H2,1-5H3. The molecule has 0 bridgehead atoms. The van der Waals surface area contributed by atoms with E-state index in [0.717, 1.165) is 17.4 Å². The third kappa shape index (κ3) is 4.39. The van der Waals surface area contributed by atoms with Crippen LogP contribution in [0.3, 0.4) is 0 Å². The molecule has 3 nitrogen and oxygen atoms in total. The minimum Gasteiger partial charge on any atom is -0.489 e. The number of piperidine rings is 1. The Hall–Kier alpha value is -1.22. The van der Waals surface area contributed by atoms with E-state index in [2.05, 4.69) is 37.8 Å². The van der Waals surface area contributed by atoms with Crippen LogP contribution in [0.1, 0.15) is 57.6 Å². The number of ether oxygens (including phenoxy) is 1. The molecule has 0 aromatic heterocycles. The third-order valence-electron chi connectivity index (χ3n) is 4.41. The van der Waals surface area contributed by atoms with Crippen LogP contribution in [-0.2, 0) is 0 Å². The molecule has 22 heavy (non-hydrogen) atoms. The lowest BCUT2D eigenvalue weighted by molar-refractivity contribution is 0.191. The number of benzene rings is 1. The van der Waals surface area contributed by atoms with Crippen LogP contribution in [0.5, 0.6) is 5.75 Å². The molecule has 0 saturated carbocycles. The Morgan fingerprint density at radius 1 is 1.18 bits per heavy atom. The van der Waals surface area contributed by atoms with Crippen LogP contribution in [0.4, 0.5) is 5.69 Å². The van der Waals surface area contributed by atoms with E-state index in [1.54, 1.807) is 0 Å². The summed E-state index contributed by atoms with van der Waals surface area (Å²) in [7, 11) is 0. The van der Waals surface area contributed by atoms with E-state index in [9.17, 15) is 0 Å². The molecule has 0 unspecified atom stereocenters. The van der Waals surface area contributed by atoms with Crippen LogP contribution in [0.15, 0.2) is 12.1 Å². The fraction of sp³-hybridized carbons (Fsp3) is 0.684. The quantitative estimate of drug-likeness (QED) is 0.829. The zero-order valence-corrected chi connectivity index (χ0v) is 14.9. The molecule has 1 aromatic carbocycles. The molecule has 124 valence electrons. The van der Waals surface area contributed by atoms with Crippen LogP contribution in [0.25, 0.3) is 0 Å². The van der Waals surface area contributed by atoms with Gasteiger partial charge in [-0.1, -0.05) is 13.8 Å². The number of hydrogen-bond acceptors (Lipinski definition) is 3. The van der Waals surface area contributed by atoms with Gasteiger partial charge in [-0.25, -0.2) is 0 Å². The Morgan fingerprint density at radius 3 is 2.36 bits per heavy atom. The molecule has 2 rings (SSSR count). The van der Waals surface area contributed by atoms with Crippen LogP contribution in [0.2, 0.25) is 0 Å². The summed E-state index contributed by atoms with van der Waals surface area (Å²) in [5.41, 5.74) is 9.60. The summed E-state index contributed by atoms with van der Waals surface area (Å²) >= 11 is 0. The lowest BCUT2D eigenvalue weighted by atomic mass is 9.86. The first-order valence-electron chi connectivity index (χ1n) is 8.65. The number of nitrogens with zero attached hydrogens (tertiary/aromatic N) is 1. The number of nitrogen functional groups attached to an aromatic ring is 1. The van der Waals surface area contributed by atoms with E-state index in [1.165, 1.54) is 43.6 Å². The monoisotopic (exact) mass is 304 g/mol. The van der Waals surface area contributed by atoms with Gasteiger partial charge in [0.25, 0.3) is 0 Å². The number of aryl methyl sites for hydroxylation is 1. The largest absolute Gasteiger partial charge is 0.489 e. The van der Waals surface area contributed by atoms with E-state index in [-0.39, 0.29) is 6.10 Å². The maximum Gasteiger partial charge on any atom is 0.142 e. The molecule has 0 spiro atoms. The zero-order chi connectivity index (χ0) is 16.3. The van der Waals surface area contributed by atoms with Crippen molar-refractivity contribution in [2.45, 2.75) is 59.5 Å². The van der Waals surface area contributed by atoms with Gasteiger partial charge >= 0.3 is 0 Å². The molecule has 1 aliphatic rings. The molecule has 1 saturated heterocycles. The molecule has 0 atom stereocenters. The van der Waals surface area contributed by atoms with Crippen molar-refractivity contribution in [1.29, 1.82) is 0 Å². The normalized spacial score (nSPS) is 17.4. The van der Waals surface area contributed by atoms with E-state index >= 15 is 0 Å². The van der Waals surface area contributed by atoms with E-state index < -0.39 is 0 Å². The van der Waals surface area contributed by atoms with Crippen LogP contribution in [0, 0.1) is 12.8 Å². The number of anilines is 1. The molecule has 1 aromatic rings. The molecule has 0 amide bonds. The summed E-state index contributed by atoms with van der Waals surface area (Å²) < 4.78 is 5.87. The van der Waals surface area contributed by atoms with Crippen LogP contribution in [-0.4, -0.2) is 30.6 Å². The zero-order valence-electron chi connectivity index (χ0n) is 14.9. The number of hydrogen-bond donors (Lipinski definition) is 1. The van der Waals surface area contributed by atoms with E-state index in [0.29, 0.717) is 5.92 Å². The lowest BCUT2D eigenvalue weighted by Crippen LogP contribution is -2.35. The smallest absolute Gasteiger partial charge is 0.142 e. The van der Waals surface area contributed by atoms with Crippen molar-refractivity contribution >= 4 is 5.69 Å². The summed E-state index contributed by atoms with van der Waals surface area (Å²) in [5.74, 6) is 2.24. The summed E-state index contributed by atoms with van der Waals surface area (Å²) in [6, 6.07) is 4.26. The number of likely N-dealkylation sites (tertiary alicyclic amines) is 1. The lowest BCUT2D eigenvalue weighted by Gasteiger charge is -2.34. The maximum atomic E-state index is 6.11. The number of nitrogens with two attached hydrogens (primary N) is 1. The average Bonchev–Trinajstić information content (AvgIpc) is 2.42. The predicted molar refractivity (Wildman–Crippen MR) is 94.6 cm³/mol. The van der Waals surface area contributed by atoms with Crippen molar-refractivity contribution in [1.82, 2.24) is 4.90 Å². The molecule has 0 radical (unpaired) electrons. The second-order valence-electron chi connectivity index (χ2n) is 7.38. The average molecular weight is 304 g/mol. The molecular weight excluding hydrogens is 272 g/mol. The molecule has 2 N–H and O–H groups in total. The summed E-state index contributed by atoms with van der Waals surface area (Å²) in [6.45, 7) is 14.5. The highest BCUT2D eigenvalue weighted by molar-refractivity contribution is 5.57. The van der Waals surface area contributed by atoms with Crippen molar-refractivity contribution in [3.05, 3.63) is 23.3 Å². The first-order chi connectivity index (χ1) is 10.4. The first-order valence-corrected chi connectivity index (χ1v) is 8.65. The van der Waals surface area contributed by atoms with Gasteiger partial charge in [0.2, 0.25) is 0 Å². The van der Waals surface area contributed by atoms with Gasteiger partial charge in [-0.15, -0.1) is 0 Å². The summed E-state index contributed by atoms with van der Waals surface area (Å²) in [5, 5.41) is 0. The van der Waals surface area contributed by atoms with E-state index in [1.807, 2.05) is 13.8 Å². The van der Waals surface area contributed by atoms with Crippen molar-refractivity contribution in [3.8, 4) is 5.75 Å². The minimum atomic E-state index is 0.158. The topological polar surface area (TPSA) is 38.5 Å². The highest BCUT2D eigenvalue weighted by Gasteiger charge is 2.23. The van der Waals surface area contributed by atoms with Crippen LogP contribution < -0.4 is 10.5 Å². The van der Waals surface area contributed by atoms with Crippen molar-refractivity contribution in [3.63, 3.8) is 0 Å². The Bertz CT molecular complexity index is 488. The third-order valence-corrected chi connectivity index (χ3v) is 4.41. The second-order valence-corrected chi connectivity index (χ2v) is 7.38. The summed E-state index contributed by atoms with van der Waals surface area (Å²) in [6.07, 6.45) is 2.63. The maximum absolute atomic E-state index is 6.11. The van der Waals surface area contributed by atoms with Crippen molar-refractivity contribution < 1.29 is 4.74 Å². The van der Waals surface area contributed by atoms with Gasteiger partial charge in [0, 0.05) is 6.54 Å². The Kier molecular flexibility index (Phi) is 5.74. The predicted octanol–water partition coefficient (Wildman–Crippen LogP) is 4.20. The summed E-state index contributed by atoms with van der Waals surface area (Å²) in [4.78, 5) is 2.60. The molecular formula is C19H32N2O. The minimum absolute atomic E-state index is 0.158. The van der Waals surface area contributed by atoms with Gasteiger partial charge < -0.3 is 15.4 Å². The molecule has 0 aliphatic carbocycles. The highest BCUT2D eigenvalue weighted by Crippen LogP contribution is 2.35. The van der Waals surface area contributed by atoms with Gasteiger partial charge in [0.15, 0.2) is 0 Å². The molecule has 1 heterocycles. The van der Waals surface area contributed by atoms with Crippen LogP contribution >= 0.6 is 0 Å². The fourth-order valence-corrected chi connectivity index (χ4v) is 3.46. The van der Waals surface area contributed by atoms with Gasteiger partial charge in [-0.3, -0.25) is 0 Å². The molecule has 3 heteroatoms. The Labute approximate surface area is 135 Å².